The van der Waals surface area contributed by atoms with Crippen LogP contribution in [-0.4, -0.2) is 33.6 Å². The van der Waals surface area contributed by atoms with E-state index in [0.717, 1.165) is 0 Å². The van der Waals surface area contributed by atoms with Crippen LogP contribution in [0.1, 0.15) is 10.4 Å². The normalized spacial score (nSPS) is 9.89. The predicted octanol–water partition coefficient (Wildman–Crippen LogP) is 1.25. The van der Waals surface area contributed by atoms with E-state index in [1.165, 1.54) is 29.8 Å². The van der Waals surface area contributed by atoms with Crippen molar-refractivity contribution < 1.29 is 19.4 Å². The number of carbonyl (C=O) groups is 2. The standard InChI is InChI=1S/C11H9N3O4S/c15-9(14-11-13-1-2-19-11)6-18-8-3-7(10(16)17)4-12-5-8/h1-5H,6H2,(H,16,17)(H,13,14,15). The summed E-state index contributed by atoms with van der Waals surface area (Å²) in [5.41, 5.74) is -0.00201. The molecule has 0 atom stereocenters. The molecular weight excluding hydrogens is 270 g/mol. The third-order valence-corrected chi connectivity index (χ3v) is 2.70. The van der Waals surface area contributed by atoms with Crippen molar-refractivity contribution in [2.45, 2.75) is 0 Å². The molecule has 0 bridgehead atoms. The number of aromatic nitrogens is 2. The second kappa shape index (κ2) is 5.91. The number of rotatable bonds is 5. The topological polar surface area (TPSA) is 101 Å². The molecule has 7 nitrogen and oxygen atoms in total. The van der Waals surface area contributed by atoms with Gasteiger partial charge < -0.3 is 9.84 Å². The van der Waals surface area contributed by atoms with Gasteiger partial charge in [-0.2, -0.15) is 0 Å². The Morgan fingerprint density at radius 3 is 2.95 bits per heavy atom. The van der Waals surface area contributed by atoms with E-state index in [-0.39, 0.29) is 23.8 Å². The number of amides is 1. The zero-order chi connectivity index (χ0) is 13.7. The summed E-state index contributed by atoms with van der Waals surface area (Å²) in [6.45, 7) is -0.246. The average Bonchev–Trinajstić information content (AvgIpc) is 2.89. The summed E-state index contributed by atoms with van der Waals surface area (Å²) >= 11 is 1.29. The fourth-order valence-corrected chi connectivity index (χ4v) is 1.75. The van der Waals surface area contributed by atoms with Gasteiger partial charge >= 0.3 is 5.97 Å². The Labute approximate surface area is 111 Å². The second-order valence-electron chi connectivity index (χ2n) is 3.39. The molecule has 0 aromatic carbocycles. The number of hydrogen-bond donors (Lipinski definition) is 2. The Morgan fingerprint density at radius 2 is 2.26 bits per heavy atom. The molecule has 0 unspecified atom stereocenters. The third kappa shape index (κ3) is 3.75. The molecule has 2 heterocycles. The number of nitrogens with zero attached hydrogens (tertiary/aromatic N) is 2. The van der Waals surface area contributed by atoms with Gasteiger partial charge in [0.25, 0.3) is 5.91 Å². The van der Waals surface area contributed by atoms with E-state index in [0.29, 0.717) is 5.13 Å². The van der Waals surface area contributed by atoms with Gasteiger partial charge in [-0.1, -0.05) is 0 Å². The van der Waals surface area contributed by atoms with Crippen LogP contribution in [0.5, 0.6) is 5.75 Å². The van der Waals surface area contributed by atoms with Crippen LogP contribution in [-0.2, 0) is 4.79 Å². The van der Waals surface area contributed by atoms with E-state index in [1.54, 1.807) is 11.6 Å². The molecule has 0 aliphatic heterocycles. The van der Waals surface area contributed by atoms with E-state index in [9.17, 15) is 9.59 Å². The summed E-state index contributed by atoms with van der Waals surface area (Å²) in [5.74, 6) is -1.27. The number of thiazole rings is 1. The molecular formula is C11H9N3O4S. The summed E-state index contributed by atoms with van der Waals surface area (Å²) in [7, 11) is 0. The lowest BCUT2D eigenvalue weighted by Crippen LogP contribution is -2.20. The maximum atomic E-state index is 11.5. The molecule has 98 valence electrons. The van der Waals surface area contributed by atoms with Crippen molar-refractivity contribution in [3.05, 3.63) is 35.6 Å². The van der Waals surface area contributed by atoms with Gasteiger partial charge in [0.15, 0.2) is 11.7 Å². The highest BCUT2D eigenvalue weighted by molar-refractivity contribution is 7.13. The summed E-state index contributed by atoms with van der Waals surface area (Å²) < 4.78 is 5.15. The van der Waals surface area contributed by atoms with Crippen LogP contribution in [0, 0.1) is 0 Å². The smallest absolute Gasteiger partial charge is 0.337 e. The molecule has 0 aliphatic carbocycles. The lowest BCUT2D eigenvalue weighted by molar-refractivity contribution is -0.118. The number of carbonyl (C=O) groups excluding carboxylic acids is 1. The average molecular weight is 279 g/mol. The minimum atomic E-state index is -1.11. The zero-order valence-corrected chi connectivity index (χ0v) is 10.4. The fraction of sp³-hybridized carbons (Fsp3) is 0.0909. The Balaban J connectivity index is 1.89. The molecule has 0 saturated carbocycles. The zero-order valence-electron chi connectivity index (χ0n) is 9.57. The first-order valence-corrected chi connectivity index (χ1v) is 6.03. The van der Waals surface area contributed by atoms with Gasteiger partial charge in [0.1, 0.15) is 5.75 Å². The minimum absolute atomic E-state index is 0.00201. The molecule has 0 saturated heterocycles. The van der Waals surface area contributed by atoms with Crippen molar-refractivity contribution in [3.63, 3.8) is 0 Å². The van der Waals surface area contributed by atoms with E-state index in [2.05, 4.69) is 15.3 Å². The molecule has 0 spiro atoms. The van der Waals surface area contributed by atoms with Crippen LogP contribution in [0.15, 0.2) is 30.0 Å². The summed E-state index contributed by atoms with van der Waals surface area (Å²) in [6, 6.07) is 1.30. The van der Waals surface area contributed by atoms with Crippen LogP contribution in [0.4, 0.5) is 5.13 Å². The van der Waals surface area contributed by atoms with Crippen LogP contribution < -0.4 is 10.1 Å². The Bertz CT molecular complexity index is 585. The van der Waals surface area contributed by atoms with Gasteiger partial charge in [-0.15, -0.1) is 11.3 Å². The molecule has 2 aromatic heterocycles. The molecule has 2 N–H and O–H groups in total. The lowest BCUT2D eigenvalue weighted by atomic mass is 10.3. The quantitative estimate of drug-likeness (QED) is 0.854. The molecule has 0 aliphatic rings. The Kier molecular flexibility index (Phi) is 4.04. The molecule has 0 radical (unpaired) electrons. The SMILES string of the molecule is O=C(COc1cncc(C(=O)O)c1)Nc1nccs1. The number of pyridine rings is 1. The molecule has 2 aromatic rings. The number of hydrogen-bond acceptors (Lipinski definition) is 6. The first kappa shape index (κ1) is 13.0. The monoisotopic (exact) mass is 279 g/mol. The lowest BCUT2D eigenvalue weighted by Gasteiger charge is -2.05. The van der Waals surface area contributed by atoms with E-state index < -0.39 is 5.97 Å². The van der Waals surface area contributed by atoms with Gasteiger partial charge in [-0.25, -0.2) is 9.78 Å². The highest BCUT2D eigenvalue weighted by atomic mass is 32.1. The van der Waals surface area contributed by atoms with Gasteiger partial charge in [-0.3, -0.25) is 15.1 Å². The number of nitrogens with one attached hydrogen (secondary N) is 1. The van der Waals surface area contributed by atoms with E-state index in [4.69, 9.17) is 9.84 Å². The van der Waals surface area contributed by atoms with Crippen LogP contribution >= 0.6 is 11.3 Å². The largest absolute Gasteiger partial charge is 0.482 e. The van der Waals surface area contributed by atoms with Crippen molar-refractivity contribution in [2.75, 3.05) is 11.9 Å². The van der Waals surface area contributed by atoms with Crippen LogP contribution in [0.3, 0.4) is 0 Å². The maximum Gasteiger partial charge on any atom is 0.337 e. The van der Waals surface area contributed by atoms with E-state index >= 15 is 0 Å². The van der Waals surface area contributed by atoms with Crippen molar-refractivity contribution >= 4 is 28.3 Å². The van der Waals surface area contributed by atoms with Crippen LogP contribution in [0.2, 0.25) is 0 Å². The number of carboxylic acid groups (broad SMARTS) is 1. The number of anilines is 1. The first-order valence-electron chi connectivity index (χ1n) is 5.15. The number of carboxylic acids is 1. The van der Waals surface area contributed by atoms with Gasteiger partial charge in [0.05, 0.1) is 11.8 Å². The van der Waals surface area contributed by atoms with Crippen LogP contribution in [0.25, 0.3) is 0 Å². The predicted molar refractivity (Wildman–Crippen MR) is 67.4 cm³/mol. The minimum Gasteiger partial charge on any atom is -0.482 e. The van der Waals surface area contributed by atoms with Gasteiger partial charge in [0.2, 0.25) is 0 Å². The van der Waals surface area contributed by atoms with Crippen molar-refractivity contribution in [2.24, 2.45) is 0 Å². The van der Waals surface area contributed by atoms with Crippen molar-refractivity contribution in [1.29, 1.82) is 0 Å². The highest BCUT2D eigenvalue weighted by Gasteiger charge is 2.08. The third-order valence-electron chi connectivity index (χ3n) is 2.01. The number of aromatic carboxylic acids is 1. The molecule has 1 amide bonds. The molecule has 2 rings (SSSR count). The molecule has 0 fully saturated rings. The summed E-state index contributed by atoms with van der Waals surface area (Å²) in [5, 5.41) is 13.5. The first-order chi connectivity index (χ1) is 9.15. The second-order valence-corrected chi connectivity index (χ2v) is 4.28. The summed E-state index contributed by atoms with van der Waals surface area (Å²) in [6.07, 6.45) is 4.11. The number of ether oxygens (including phenoxy) is 1. The van der Waals surface area contributed by atoms with Crippen molar-refractivity contribution in [1.82, 2.24) is 9.97 Å². The highest BCUT2D eigenvalue weighted by Crippen LogP contribution is 2.12. The Morgan fingerprint density at radius 1 is 1.42 bits per heavy atom. The fourth-order valence-electron chi connectivity index (χ4n) is 1.20. The van der Waals surface area contributed by atoms with Crippen molar-refractivity contribution in [3.8, 4) is 5.75 Å². The molecule has 8 heteroatoms. The van der Waals surface area contributed by atoms with Gasteiger partial charge in [0, 0.05) is 17.8 Å². The molecule has 19 heavy (non-hydrogen) atoms. The van der Waals surface area contributed by atoms with E-state index in [1.807, 2.05) is 0 Å². The summed E-state index contributed by atoms with van der Waals surface area (Å²) in [4.78, 5) is 29.8. The Hall–Kier alpha value is -2.48. The maximum absolute atomic E-state index is 11.5. The van der Waals surface area contributed by atoms with Gasteiger partial charge in [-0.05, 0) is 6.07 Å².